The maximum absolute atomic E-state index is 14.9. The molecule has 1 unspecified atom stereocenters. The highest BCUT2D eigenvalue weighted by molar-refractivity contribution is 6.06. The summed E-state index contributed by atoms with van der Waals surface area (Å²) in [5.74, 6) is -2.86. The predicted octanol–water partition coefficient (Wildman–Crippen LogP) is 4.56. The minimum Gasteiger partial charge on any atom is -0.355 e. The topological polar surface area (TPSA) is 102 Å². The van der Waals surface area contributed by atoms with E-state index in [0.29, 0.717) is 18.5 Å². The van der Waals surface area contributed by atoms with Crippen LogP contribution in [-0.2, 0) is 18.0 Å². The number of rotatable bonds is 5. The lowest BCUT2D eigenvalue weighted by Gasteiger charge is -2.16. The Morgan fingerprint density at radius 3 is 2.55 bits per heavy atom. The first-order chi connectivity index (χ1) is 18.1. The molecule has 0 aliphatic carbocycles. The van der Waals surface area contributed by atoms with Crippen molar-refractivity contribution in [2.75, 3.05) is 11.9 Å². The van der Waals surface area contributed by atoms with Gasteiger partial charge >= 0.3 is 6.18 Å². The fraction of sp³-hybridized carbons (Fsp3) is 0.192. The first-order valence-electron chi connectivity index (χ1n) is 11.5. The quantitative estimate of drug-likeness (QED) is 0.373. The zero-order chi connectivity index (χ0) is 27.0. The molecule has 1 aliphatic heterocycles. The van der Waals surface area contributed by atoms with Gasteiger partial charge in [-0.3, -0.25) is 14.3 Å². The molecule has 0 saturated carbocycles. The third kappa shape index (κ3) is 4.84. The lowest BCUT2D eigenvalue weighted by Crippen LogP contribution is -2.20. The summed E-state index contributed by atoms with van der Waals surface area (Å²) < 4.78 is 57.3. The van der Waals surface area contributed by atoms with Gasteiger partial charge in [0, 0.05) is 30.9 Å². The fourth-order valence-electron chi connectivity index (χ4n) is 4.25. The van der Waals surface area contributed by atoms with Crippen LogP contribution in [-0.4, -0.2) is 38.1 Å². The number of benzene rings is 2. The lowest BCUT2D eigenvalue weighted by atomic mass is 9.99. The van der Waals surface area contributed by atoms with Crippen molar-refractivity contribution < 1.29 is 27.2 Å². The third-order valence-electron chi connectivity index (χ3n) is 6.11. The summed E-state index contributed by atoms with van der Waals surface area (Å²) in [6, 6.07) is 11.2. The van der Waals surface area contributed by atoms with Crippen molar-refractivity contribution in [1.82, 2.24) is 25.1 Å². The van der Waals surface area contributed by atoms with Gasteiger partial charge in [0.15, 0.2) is 0 Å². The van der Waals surface area contributed by atoms with Crippen LogP contribution in [0.3, 0.4) is 0 Å². The number of alkyl halides is 3. The number of aryl methyl sites for hydroxylation is 1. The summed E-state index contributed by atoms with van der Waals surface area (Å²) in [5, 5.41) is 9.23. The average Bonchev–Trinajstić information content (AvgIpc) is 3.52. The summed E-state index contributed by atoms with van der Waals surface area (Å²) in [6.07, 6.45) is -1.63. The molecule has 2 aromatic heterocycles. The molecule has 2 amide bonds. The van der Waals surface area contributed by atoms with Gasteiger partial charge in [-0.25, -0.2) is 14.4 Å². The molecule has 12 heteroatoms. The molecule has 3 heterocycles. The first kappa shape index (κ1) is 25.1. The number of halogens is 4. The Bertz CT molecular complexity index is 1530. The molecule has 194 valence electrons. The van der Waals surface area contributed by atoms with Gasteiger partial charge in [-0.15, -0.1) is 0 Å². The van der Waals surface area contributed by atoms with Crippen molar-refractivity contribution in [3.05, 3.63) is 83.7 Å². The molecule has 8 nitrogen and oxygen atoms in total. The van der Waals surface area contributed by atoms with Crippen LogP contribution in [0.1, 0.15) is 34.1 Å². The predicted molar refractivity (Wildman–Crippen MR) is 129 cm³/mol. The molecule has 1 fully saturated rings. The molecule has 1 atom stereocenters. The van der Waals surface area contributed by atoms with Crippen LogP contribution in [0.2, 0.25) is 0 Å². The van der Waals surface area contributed by atoms with Crippen molar-refractivity contribution in [1.29, 1.82) is 0 Å². The number of carbonyl (C=O) groups is 2. The van der Waals surface area contributed by atoms with Gasteiger partial charge in [-0.05, 0) is 24.6 Å². The summed E-state index contributed by atoms with van der Waals surface area (Å²) >= 11 is 0. The van der Waals surface area contributed by atoms with Gasteiger partial charge in [-0.1, -0.05) is 30.3 Å². The van der Waals surface area contributed by atoms with Crippen LogP contribution < -0.4 is 10.6 Å². The first-order valence-corrected chi connectivity index (χ1v) is 11.5. The molecule has 1 saturated heterocycles. The normalized spacial score (nSPS) is 15.4. The van der Waals surface area contributed by atoms with E-state index in [4.69, 9.17) is 0 Å². The van der Waals surface area contributed by atoms with Crippen molar-refractivity contribution in [2.24, 2.45) is 7.05 Å². The van der Waals surface area contributed by atoms with E-state index in [1.807, 2.05) is 0 Å². The number of hydrogen-bond acceptors (Lipinski definition) is 5. The van der Waals surface area contributed by atoms with Crippen LogP contribution >= 0.6 is 0 Å². The Hall–Kier alpha value is -4.61. The molecule has 5 rings (SSSR count). The van der Waals surface area contributed by atoms with Crippen LogP contribution in [0.25, 0.3) is 22.5 Å². The molecule has 2 aromatic carbocycles. The molecule has 1 aliphatic rings. The second-order valence-corrected chi connectivity index (χ2v) is 8.69. The Morgan fingerprint density at radius 1 is 1.16 bits per heavy atom. The van der Waals surface area contributed by atoms with E-state index in [2.05, 4.69) is 25.7 Å². The zero-order valence-corrected chi connectivity index (χ0v) is 19.9. The van der Waals surface area contributed by atoms with Crippen molar-refractivity contribution in [2.45, 2.75) is 18.5 Å². The summed E-state index contributed by atoms with van der Waals surface area (Å²) in [7, 11) is 1.53. The van der Waals surface area contributed by atoms with Crippen molar-refractivity contribution in [3.8, 4) is 22.5 Å². The second kappa shape index (κ2) is 9.69. The highest BCUT2D eigenvalue weighted by Crippen LogP contribution is 2.38. The highest BCUT2D eigenvalue weighted by Gasteiger charge is 2.36. The van der Waals surface area contributed by atoms with E-state index in [-0.39, 0.29) is 34.9 Å². The van der Waals surface area contributed by atoms with E-state index in [0.717, 1.165) is 6.07 Å². The zero-order valence-electron chi connectivity index (χ0n) is 19.9. The highest BCUT2D eigenvalue weighted by atomic mass is 19.4. The SMILES string of the molecule is Cn1ccc(-c2cc(C(=O)Nc3cnc(C4CCNC4=O)nc3-c3ccccc3)c(F)cc2C(F)(F)F)n1. The minimum absolute atomic E-state index is 0.0682. The molecular weight excluding hydrogens is 504 g/mol. The monoisotopic (exact) mass is 524 g/mol. The Balaban J connectivity index is 1.56. The van der Waals surface area contributed by atoms with Gasteiger partial charge in [0.1, 0.15) is 11.6 Å². The number of aromatic nitrogens is 4. The molecule has 2 N–H and O–H groups in total. The number of hydrogen-bond donors (Lipinski definition) is 2. The largest absolute Gasteiger partial charge is 0.417 e. The lowest BCUT2D eigenvalue weighted by molar-refractivity contribution is -0.137. The van der Waals surface area contributed by atoms with E-state index >= 15 is 0 Å². The fourth-order valence-corrected chi connectivity index (χ4v) is 4.25. The van der Waals surface area contributed by atoms with E-state index < -0.39 is 40.5 Å². The number of nitrogens with zero attached hydrogens (tertiary/aromatic N) is 4. The van der Waals surface area contributed by atoms with Gasteiger partial charge in [-0.2, -0.15) is 18.3 Å². The van der Waals surface area contributed by atoms with E-state index in [1.54, 1.807) is 30.3 Å². The van der Waals surface area contributed by atoms with Gasteiger partial charge in [0.25, 0.3) is 5.91 Å². The molecule has 0 spiro atoms. The molecule has 4 aromatic rings. The Labute approximate surface area is 213 Å². The molecular formula is C26H20F4N6O2. The summed E-state index contributed by atoms with van der Waals surface area (Å²) in [6.45, 7) is 0.484. The van der Waals surface area contributed by atoms with Gasteiger partial charge < -0.3 is 10.6 Å². The second-order valence-electron chi connectivity index (χ2n) is 8.69. The van der Waals surface area contributed by atoms with Gasteiger partial charge in [0.05, 0.1) is 40.3 Å². The van der Waals surface area contributed by atoms with Crippen LogP contribution in [0.4, 0.5) is 23.2 Å². The maximum atomic E-state index is 14.9. The minimum atomic E-state index is -4.88. The standard InChI is InChI=1S/C26H20F4N6O2/c1-36-10-8-20(35-36)16-11-17(19(27)12-18(16)26(28,29)30)25(38)33-21-13-32-23(15-7-9-31-24(15)37)34-22(21)14-5-3-2-4-6-14/h2-6,8,10-13,15H,7,9H2,1H3,(H,31,37)(H,33,38). The smallest absolute Gasteiger partial charge is 0.355 e. The number of amides is 2. The molecule has 38 heavy (non-hydrogen) atoms. The Kier molecular flexibility index (Phi) is 6.39. The van der Waals surface area contributed by atoms with Crippen molar-refractivity contribution in [3.63, 3.8) is 0 Å². The summed E-state index contributed by atoms with van der Waals surface area (Å²) in [5.41, 5.74) is -1.40. The maximum Gasteiger partial charge on any atom is 0.417 e. The van der Waals surface area contributed by atoms with Crippen LogP contribution in [0, 0.1) is 5.82 Å². The van der Waals surface area contributed by atoms with Crippen LogP contribution in [0.5, 0.6) is 0 Å². The van der Waals surface area contributed by atoms with E-state index in [1.165, 1.54) is 30.2 Å². The van der Waals surface area contributed by atoms with Crippen molar-refractivity contribution >= 4 is 17.5 Å². The molecule has 0 bridgehead atoms. The van der Waals surface area contributed by atoms with Crippen LogP contribution in [0.15, 0.2) is 60.9 Å². The number of anilines is 1. The Morgan fingerprint density at radius 2 is 1.92 bits per heavy atom. The molecule has 0 radical (unpaired) electrons. The van der Waals surface area contributed by atoms with Gasteiger partial charge in [0.2, 0.25) is 5.91 Å². The summed E-state index contributed by atoms with van der Waals surface area (Å²) in [4.78, 5) is 34.1. The van der Waals surface area contributed by atoms with E-state index in [9.17, 15) is 27.2 Å². The number of nitrogens with one attached hydrogen (secondary N) is 2. The third-order valence-corrected chi connectivity index (χ3v) is 6.11. The number of carbonyl (C=O) groups excluding carboxylic acids is 2. The average molecular weight is 524 g/mol.